The van der Waals surface area contributed by atoms with Gasteiger partial charge in [-0.05, 0) is 44.7 Å². The summed E-state index contributed by atoms with van der Waals surface area (Å²) in [6.45, 7) is 8.72. The molecule has 1 fully saturated rings. The first-order valence-electron chi connectivity index (χ1n) is 10.3. The highest BCUT2D eigenvalue weighted by molar-refractivity contribution is 5.92. The summed E-state index contributed by atoms with van der Waals surface area (Å²) in [6.07, 6.45) is 9.65. The third-order valence-corrected chi connectivity index (χ3v) is 5.20. The molecule has 0 radical (unpaired) electrons. The lowest BCUT2D eigenvalue weighted by molar-refractivity contribution is 0.0690. The number of carbonyl (C=O) groups is 1. The van der Waals surface area contributed by atoms with Crippen LogP contribution in [-0.4, -0.2) is 53.7 Å². The summed E-state index contributed by atoms with van der Waals surface area (Å²) in [7, 11) is 0. The van der Waals surface area contributed by atoms with Gasteiger partial charge in [0.05, 0.1) is 5.70 Å². The fraction of sp³-hybridized carbons (Fsp3) is 0.571. The molecule has 0 aromatic carbocycles. The Morgan fingerprint density at radius 2 is 1.96 bits per heavy atom. The Bertz CT molecular complexity index is 788. The minimum absolute atomic E-state index is 0.144. The van der Waals surface area contributed by atoms with Crippen molar-refractivity contribution in [2.24, 2.45) is 17.4 Å². The van der Waals surface area contributed by atoms with E-state index in [0.717, 1.165) is 62.4 Å². The molecule has 28 heavy (non-hydrogen) atoms. The highest BCUT2D eigenvalue weighted by Gasteiger charge is 2.19. The van der Waals surface area contributed by atoms with Gasteiger partial charge >= 0.3 is 5.97 Å². The third-order valence-electron chi connectivity index (χ3n) is 5.20. The number of hydrogen-bond donors (Lipinski definition) is 5. The minimum atomic E-state index is -1.000. The second kappa shape index (κ2) is 10.9. The molecular formula is C21H35N5O2. The van der Waals surface area contributed by atoms with Crippen LogP contribution in [0, 0.1) is 5.92 Å². The fourth-order valence-corrected chi connectivity index (χ4v) is 3.78. The summed E-state index contributed by atoms with van der Waals surface area (Å²) < 4.78 is 0. The van der Waals surface area contributed by atoms with Gasteiger partial charge in [-0.15, -0.1) is 0 Å². The number of piperidine rings is 1. The van der Waals surface area contributed by atoms with E-state index >= 15 is 0 Å². The van der Waals surface area contributed by atoms with Crippen LogP contribution in [0.3, 0.4) is 0 Å². The maximum atomic E-state index is 11.7. The predicted molar refractivity (Wildman–Crippen MR) is 115 cm³/mol. The summed E-state index contributed by atoms with van der Waals surface area (Å²) in [5, 5.41) is 14.6. The van der Waals surface area contributed by atoms with Crippen molar-refractivity contribution in [3.63, 3.8) is 0 Å². The van der Waals surface area contributed by atoms with Gasteiger partial charge in [0.25, 0.3) is 0 Å². The van der Waals surface area contributed by atoms with Gasteiger partial charge in [-0.1, -0.05) is 26.0 Å². The molecule has 1 aromatic rings. The Labute approximate surface area is 167 Å². The first-order chi connectivity index (χ1) is 13.5. The van der Waals surface area contributed by atoms with Crippen molar-refractivity contribution in [1.29, 1.82) is 0 Å². The average Bonchev–Trinajstić information content (AvgIpc) is 3.03. The number of carboxylic acids is 1. The van der Waals surface area contributed by atoms with Crippen molar-refractivity contribution in [3.05, 3.63) is 28.0 Å². The van der Waals surface area contributed by atoms with Crippen LogP contribution in [-0.2, 0) is 0 Å². The zero-order valence-electron chi connectivity index (χ0n) is 17.1. The molecule has 0 bridgehead atoms. The molecule has 0 unspecified atom stereocenters. The number of nitrogens with one attached hydrogen (secondary N) is 2. The molecule has 0 amide bonds. The molecule has 1 saturated heterocycles. The summed E-state index contributed by atoms with van der Waals surface area (Å²) >= 11 is 0. The zero-order valence-corrected chi connectivity index (χ0v) is 17.1. The van der Waals surface area contributed by atoms with E-state index in [9.17, 15) is 9.90 Å². The van der Waals surface area contributed by atoms with Gasteiger partial charge in [0.2, 0.25) is 0 Å². The molecule has 7 N–H and O–H groups in total. The molecule has 0 aliphatic carbocycles. The number of nitrogens with two attached hydrogens (primary N) is 2. The van der Waals surface area contributed by atoms with Crippen molar-refractivity contribution in [2.75, 3.05) is 32.7 Å². The Balaban J connectivity index is 2.15. The maximum Gasteiger partial charge on any atom is 0.353 e. The summed E-state index contributed by atoms with van der Waals surface area (Å²) in [6, 6.07) is 0. The van der Waals surface area contributed by atoms with E-state index in [1.165, 1.54) is 0 Å². The Morgan fingerprint density at radius 1 is 1.29 bits per heavy atom. The maximum absolute atomic E-state index is 11.7. The molecule has 1 aliphatic rings. The van der Waals surface area contributed by atoms with E-state index in [-0.39, 0.29) is 5.69 Å². The SMILES string of the molecule is CC/C=c1/c(/C(N)=C/NCC2CCN(CCN)CC2)c(C(=O)O)[nH]/c1=C/CC. The molecule has 7 nitrogen and oxygen atoms in total. The van der Waals surface area contributed by atoms with Crippen LogP contribution in [0.2, 0.25) is 0 Å². The fourth-order valence-electron chi connectivity index (χ4n) is 3.78. The Morgan fingerprint density at radius 3 is 2.54 bits per heavy atom. The molecule has 1 aliphatic heterocycles. The van der Waals surface area contributed by atoms with Gasteiger partial charge < -0.3 is 31.8 Å². The van der Waals surface area contributed by atoms with E-state index in [1.807, 2.05) is 26.0 Å². The van der Waals surface area contributed by atoms with Gasteiger partial charge in [-0.3, -0.25) is 0 Å². The van der Waals surface area contributed by atoms with Gasteiger partial charge in [-0.2, -0.15) is 0 Å². The monoisotopic (exact) mass is 389 g/mol. The van der Waals surface area contributed by atoms with Gasteiger partial charge in [0, 0.05) is 42.0 Å². The van der Waals surface area contributed by atoms with Crippen molar-refractivity contribution < 1.29 is 9.90 Å². The van der Waals surface area contributed by atoms with Crippen molar-refractivity contribution in [3.8, 4) is 0 Å². The highest BCUT2D eigenvalue weighted by Crippen LogP contribution is 2.16. The molecule has 7 heteroatoms. The molecule has 1 aromatic heterocycles. The number of rotatable bonds is 9. The average molecular weight is 390 g/mol. The normalized spacial score (nSPS) is 18.0. The number of carboxylic acid groups (broad SMARTS) is 1. The van der Waals surface area contributed by atoms with Crippen LogP contribution in [0.1, 0.15) is 55.6 Å². The zero-order chi connectivity index (χ0) is 20.5. The van der Waals surface area contributed by atoms with E-state index in [4.69, 9.17) is 11.5 Å². The smallest absolute Gasteiger partial charge is 0.353 e. The summed E-state index contributed by atoms with van der Waals surface area (Å²) in [5.41, 5.74) is 13.1. The van der Waals surface area contributed by atoms with Crippen LogP contribution >= 0.6 is 0 Å². The summed E-state index contributed by atoms with van der Waals surface area (Å²) in [4.78, 5) is 17.2. The lowest BCUT2D eigenvalue weighted by Crippen LogP contribution is -2.39. The molecule has 0 saturated carbocycles. The number of likely N-dealkylation sites (tertiary alicyclic amines) is 1. The third kappa shape index (κ3) is 5.62. The molecule has 2 rings (SSSR count). The van der Waals surface area contributed by atoms with Crippen LogP contribution in [0.5, 0.6) is 0 Å². The quantitative estimate of drug-likeness (QED) is 0.422. The molecule has 156 valence electrons. The second-order valence-electron chi connectivity index (χ2n) is 7.31. The number of nitrogens with zero attached hydrogens (tertiary/aromatic N) is 1. The largest absolute Gasteiger partial charge is 0.477 e. The molecule has 2 heterocycles. The minimum Gasteiger partial charge on any atom is -0.477 e. The number of H-pyrrole nitrogens is 1. The topological polar surface area (TPSA) is 120 Å². The lowest BCUT2D eigenvalue weighted by atomic mass is 9.97. The van der Waals surface area contributed by atoms with Gasteiger partial charge in [0.15, 0.2) is 0 Å². The van der Waals surface area contributed by atoms with Crippen LogP contribution < -0.4 is 27.4 Å². The van der Waals surface area contributed by atoms with E-state index in [1.54, 1.807) is 6.20 Å². The molecule has 0 atom stereocenters. The van der Waals surface area contributed by atoms with Gasteiger partial charge in [-0.25, -0.2) is 4.79 Å². The predicted octanol–water partition coefficient (Wildman–Crippen LogP) is 0.611. The van der Waals surface area contributed by atoms with Crippen LogP contribution in [0.25, 0.3) is 17.8 Å². The van der Waals surface area contributed by atoms with Gasteiger partial charge in [0.1, 0.15) is 5.69 Å². The van der Waals surface area contributed by atoms with Crippen LogP contribution in [0.15, 0.2) is 6.20 Å². The molecular weight excluding hydrogens is 354 g/mol. The van der Waals surface area contributed by atoms with Crippen molar-refractivity contribution >= 4 is 23.8 Å². The van der Waals surface area contributed by atoms with E-state index < -0.39 is 5.97 Å². The first-order valence-corrected chi connectivity index (χ1v) is 10.3. The second-order valence-corrected chi connectivity index (χ2v) is 7.31. The highest BCUT2D eigenvalue weighted by atomic mass is 16.4. The van der Waals surface area contributed by atoms with E-state index in [2.05, 4.69) is 15.2 Å². The van der Waals surface area contributed by atoms with E-state index in [0.29, 0.717) is 23.7 Å². The Hall–Kier alpha value is -2.25. The van der Waals surface area contributed by atoms with Crippen LogP contribution in [0.4, 0.5) is 0 Å². The standard InChI is InChI=1S/C21H35N5O2/c1-3-5-16-18(6-4-2)25-20(21(27)28)19(16)17(23)14-24-13-15-7-10-26(11-8-15)12-9-22/h5-6,14-15,24-25H,3-4,7-13,22-23H2,1-2H3,(H,27,28)/b16-5+,17-14-,18-6+. The Kier molecular flexibility index (Phi) is 8.60. The van der Waals surface area contributed by atoms with Crippen molar-refractivity contribution in [2.45, 2.75) is 39.5 Å². The number of aromatic carboxylic acids is 1. The van der Waals surface area contributed by atoms with Crippen molar-refractivity contribution in [1.82, 2.24) is 15.2 Å². The number of aromatic amines is 1. The lowest BCUT2D eigenvalue weighted by Gasteiger charge is -2.31. The summed E-state index contributed by atoms with van der Waals surface area (Å²) in [5.74, 6) is -0.408. The molecule has 0 spiro atoms. The number of aromatic nitrogens is 1. The number of hydrogen-bond acceptors (Lipinski definition) is 5. The first kappa shape index (κ1) is 22.0.